The lowest BCUT2D eigenvalue weighted by atomic mass is 10.2. The fraction of sp³-hybridized carbons (Fsp3) is 1.00. The highest BCUT2D eigenvalue weighted by Gasteiger charge is 2.16. The first-order valence-corrected chi connectivity index (χ1v) is 4.27. The van der Waals surface area contributed by atoms with Crippen LogP contribution in [0.2, 0.25) is 0 Å². The van der Waals surface area contributed by atoms with Gasteiger partial charge in [-0.2, -0.15) is 0 Å². The molecule has 3 heteroatoms. The summed E-state index contributed by atoms with van der Waals surface area (Å²) in [6, 6.07) is 0.920. The molecule has 1 rings (SSSR count). The Morgan fingerprint density at radius 2 is 2.55 bits per heavy atom. The van der Waals surface area contributed by atoms with Gasteiger partial charge >= 0.3 is 0 Å². The molecule has 66 valence electrons. The molecule has 2 unspecified atom stereocenters. The lowest BCUT2D eigenvalue weighted by Gasteiger charge is -2.16. The summed E-state index contributed by atoms with van der Waals surface area (Å²) in [7, 11) is 0. The second-order valence-corrected chi connectivity index (χ2v) is 3.14. The second kappa shape index (κ2) is 4.70. The van der Waals surface area contributed by atoms with E-state index in [2.05, 4.69) is 12.2 Å². The largest absolute Gasteiger partial charge is 0.396 e. The molecule has 1 aliphatic rings. The molecule has 0 saturated carbocycles. The van der Waals surface area contributed by atoms with Gasteiger partial charge in [0.25, 0.3) is 0 Å². The van der Waals surface area contributed by atoms with Crippen molar-refractivity contribution in [2.24, 2.45) is 0 Å². The van der Waals surface area contributed by atoms with Crippen LogP contribution in [0.15, 0.2) is 0 Å². The Hall–Kier alpha value is -0.120. The topological polar surface area (TPSA) is 41.5 Å². The average molecular weight is 159 g/mol. The summed E-state index contributed by atoms with van der Waals surface area (Å²) in [4.78, 5) is 0. The Balaban J connectivity index is 2.08. The first kappa shape index (κ1) is 8.97. The first-order valence-electron chi connectivity index (χ1n) is 4.27. The molecule has 0 amide bonds. The number of rotatable bonds is 4. The summed E-state index contributed by atoms with van der Waals surface area (Å²) < 4.78 is 5.21. The van der Waals surface area contributed by atoms with Gasteiger partial charge in [0, 0.05) is 25.3 Å². The van der Waals surface area contributed by atoms with Crippen LogP contribution in [0, 0.1) is 0 Å². The Bertz CT molecular complexity index is 102. The van der Waals surface area contributed by atoms with Crippen LogP contribution in [-0.4, -0.2) is 37.0 Å². The predicted molar refractivity (Wildman–Crippen MR) is 43.5 cm³/mol. The quantitative estimate of drug-likeness (QED) is 0.613. The first-order chi connectivity index (χ1) is 5.33. The third-order valence-corrected chi connectivity index (χ3v) is 2.01. The molecular formula is C8H17NO2. The van der Waals surface area contributed by atoms with Crippen molar-refractivity contribution in [2.75, 3.05) is 19.8 Å². The van der Waals surface area contributed by atoms with Crippen molar-refractivity contribution in [2.45, 2.75) is 31.8 Å². The van der Waals surface area contributed by atoms with Crippen LogP contribution in [0.1, 0.15) is 19.8 Å². The Kier molecular flexibility index (Phi) is 3.83. The SMILES string of the molecule is CC(CCO)NC1CCOC1. The van der Waals surface area contributed by atoms with Crippen molar-refractivity contribution in [1.29, 1.82) is 0 Å². The highest BCUT2D eigenvalue weighted by molar-refractivity contribution is 4.74. The zero-order valence-corrected chi connectivity index (χ0v) is 7.05. The molecule has 11 heavy (non-hydrogen) atoms. The van der Waals surface area contributed by atoms with Crippen LogP contribution in [-0.2, 0) is 4.74 Å². The Morgan fingerprint density at radius 1 is 1.73 bits per heavy atom. The van der Waals surface area contributed by atoms with E-state index in [1.54, 1.807) is 0 Å². The van der Waals surface area contributed by atoms with Gasteiger partial charge in [-0.3, -0.25) is 0 Å². The molecule has 1 heterocycles. The van der Waals surface area contributed by atoms with E-state index in [0.717, 1.165) is 26.1 Å². The van der Waals surface area contributed by atoms with Gasteiger partial charge in [0.05, 0.1) is 6.61 Å². The van der Waals surface area contributed by atoms with E-state index in [1.807, 2.05) is 0 Å². The molecule has 3 nitrogen and oxygen atoms in total. The summed E-state index contributed by atoms with van der Waals surface area (Å²) in [5.41, 5.74) is 0. The van der Waals surface area contributed by atoms with E-state index >= 15 is 0 Å². The molecule has 0 aromatic carbocycles. The van der Waals surface area contributed by atoms with Crippen molar-refractivity contribution < 1.29 is 9.84 Å². The van der Waals surface area contributed by atoms with Crippen LogP contribution in [0.5, 0.6) is 0 Å². The number of nitrogens with one attached hydrogen (secondary N) is 1. The minimum atomic E-state index is 0.266. The van der Waals surface area contributed by atoms with Crippen LogP contribution in [0.25, 0.3) is 0 Å². The van der Waals surface area contributed by atoms with Gasteiger partial charge in [-0.15, -0.1) is 0 Å². The van der Waals surface area contributed by atoms with Gasteiger partial charge in [0.2, 0.25) is 0 Å². The minimum Gasteiger partial charge on any atom is -0.396 e. The van der Waals surface area contributed by atoms with E-state index < -0.39 is 0 Å². The summed E-state index contributed by atoms with van der Waals surface area (Å²) in [5, 5.41) is 12.0. The minimum absolute atomic E-state index is 0.266. The number of aliphatic hydroxyl groups is 1. The number of hydrogen-bond donors (Lipinski definition) is 2. The molecular weight excluding hydrogens is 142 g/mol. The highest BCUT2D eigenvalue weighted by Crippen LogP contribution is 2.05. The number of ether oxygens (including phenoxy) is 1. The molecule has 0 spiro atoms. The van der Waals surface area contributed by atoms with Gasteiger partial charge in [-0.1, -0.05) is 0 Å². The number of aliphatic hydroxyl groups excluding tert-OH is 1. The zero-order chi connectivity index (χ0) is 8.10. The van der Waals surface area contributed by atoms with E-state index in [-0.39, 0.29) is 6.61 Å². The smallest absolute Gasteiger partial charge is 0.0620 e. The monoisotopic (exact) mass is 159 g/mol. The van der Waals surface area contributed by atoms with Crippen molar-refractivity contribution in [3.63, 3.8) is 0 Å². The standard InChI is InChI=1S/C8H17NO2/c1-7(2-4-10)9-8-3-5-11-6-8/h7-10H,2-6H2,1H3. The van der Waals surface area contributed by atoms with Crippen LogP contribution < -0.4 is 5.32 Å². The molecule has 2 atom stereocenters. The third kappa shape index (κ3) is 3.18. The van der Waals surface area contributed by atoms with Crippen molar-refractivity contribution in [3.8, 4) is 0 Å². The maximum Gasteiger partial charge on any atom is 0.0620 e. The lowest BCUT2D eigenvalue weighted by molar-refractivity contribution is 0.186. The molecule has 0 aliphatic carbocycles. The third-order valence-electron chi connectivity index (χ3n) is 2.01. The molecule has 0 radical (unpaired) electrons. The second-order valence-electron chi connectivity index (χ2n) is 3.14. The Labute approximate surface area is 67.7 Å². The Morgan fingerprint density at radius 3 is 3.09 bits per heavy atom. The van der Waals surface area contributed by atoms with E-state index in [0.29, 0.717) is 12.1 Å². The van der Waals surface area contributed by atoms with E-state index in [4.69, 9.17) is 9.84 Å². The normalized spacial score (nSPS) is 27.3. The average Bonchev–Trinajstić information content (AvgIpc) is 2.40. The van der Waals surface area contributed by atoms with Gasteiger partial charge in [-0.05, 0) is 19.8 Å². The van der Waals surface area contributed by atoms with Gasteiger partial charge in [-0.25, -0.2) is 0 Å². The van der Waals surface area contributed by atoms with Crippen LogP contribution >= 0.6 is 0 Å². The predicted octanol–water partition coefficient (Wildman–Crippen LogP) is 0.136. The molecule has 1 fully saturated rings. The molecule has 0 aromatic heterocycles. The fourth-order valence-electron chi connectivity index (χ4n) is 1.35. The summed E-state index contributed by atoms with van der Waals surface area (Å²) in [6.07, 6.45) is 1.94. The maximum atomic E-state index is 8.64. The summed E-state index contributed by atoms with van der Waals surface area (Å²) in [6.45, 7) is 4.07. The molecule has 2 N–H and O–H groups in total. The van der Waals surface area contributed by atoms with Gasteiger partial charge in [0.15, 0.2) is 0 Å². The molecule has 1 aliphatic heterocycles. The highest BCUT2D eigenvalue weighted by atomic mass is 16.5. The van der Waals surface area contributed by atoms with Crippen molar-refractivity contribution in [3.05, 3.63) is 0 Å². The van der Waals surface area contributed by atoms with Gasteiger partial charge in [0.1, 0.15) is 0 Å². The molecule has 1 saturated heterocycles. The van der Waals surface area contributed by atoms with Crippen molar-refractivity contribution in [1.82, 2.24) is 5.32 Å². The maximum absolute atomic E-state index is 8.64. The van der Waals surface area contributed by atoms with E-state index in [9.17, 15) is 0 Å². The van der Waals surface area contributed by atoms with Crippen molar-refractivity contribution >= 4 is 0 Å². The lowest BCUT2D eigenvalue weighted by Crippen LogP contribution is -2.37. The summed E-state index contributed by atoms with van der Waals surface area (Å²) >= 11 is 0. The zero-order valence-electron chi connectivity index (χ0n) is 7.05. The summed E-state index contributed by atoms with van der Waals surface area (Å²) in [5.74, 6) is 0. The molecule has 0 aromatic rings. The van der Waals surface area contributed by atoms with Crippen LogP contribution in [0.3, 0.4) is 0 Å². The van der Waals surface area contributed by atoms with E-state index in [1.165, 1.54) is 0 Å². The fourth-order valence-corrected chi connectivity index (χ4v) is 1.35. The number of hydrogen-bond acceptors (Lipinski definition) is 3. The van der Waals surface area contributed by atoms with Crippen LogP contribution in [0.4, 0.5) is 0 Å². The van der Waals surface area contributed by atoms with Gasteiger partial charge < -0.3 is 15.2 Å². The molecule has 0 bridgehead atoms.